The van der Waals surface area contributed by atoms with Crippen molar-refractivity contribution < 1.29 is 19.4 Å². The summed E-state index contributed by atoms with van der Waals surface area (Å²) in [5.41, 5.74) is 0.201. The standard InChI is InChI=1S/C10H8Cl3NO4/c11-5-1-6(12)10(7(13)2-5)14-8(15)3-18-4-9(16)17/h1-2H,3-4H2,(H,14,15)(H,16,17). The van der Waals surface area contributed by atoms with Gasteiger partial charge in [0.15, 0.2) is 0 Å². The van der Waals surface area contributed by atoms with E-state index < -0.39 is 25.1 Å². The van der Waals surface area contributed by atoms with Gasteiger partial charge in [-0.3, -0.25) is 4.79 Å². The number of carboxylic acids is 1. The van der Waals surface area contributed by atoms with Gasteiger partial charge in [-0.2, -0.15) is 0 Å². The average molecular weight is 313 g/mol. The molecule has 0 spiro atoms. The van der Waals surface area contributed by atoms with Crippen LogP contribution < -0.4 is 5.32 Å². The van der Waals surface area contributed by atoms with Crippen molar-refractivity contribution in [3.05, 3.63) is 27.2 Å². The molecule has 0 fully saturated rings. The molecule has 8 heteroatoms. The number of benzene rings is 1. The van der Waals surface area contributed by atoms with Crippen LogP contribution in [0.4, 0.5) is 5.69 Å². The van der Waals surface area contributed by atoms with Gasteiger partial charge in [-0.15, -0.1) is 0 Å². The quantitative estimate of drug-likeness (QED) is 0.876. The van der Waals surface area contributed by atoms with Crippen LogP contribution in [0.25, 0.3) is 0 Å². The summed E-state index contributed by atoms with van der Waals surface area (Å²) in [6.45, 7) is -0.975. The van der Waals surface area contributed by atoms with Gasteiger partial charge in [0.05, 0.1) is 15.7 Å². The molecule has 1 amide bonds. The minimum atomic E-state index is -1.16. The molecule has 18 heavy (non-hydrogen) atoms. The number of rotatable bonds is 5. The van der Waals surface area contributed by atoms with Crippen LogP contribution in [-0.4, -0.2) is 30.2 Å². The summed E-state index contributed by atoms with van der Waals surface area (Å²) in [5, 5.41) is 11.4. The van der Waals surface area contributed by atoms with Gasteiger partial charge in [-0.1, -0.05) is 34.8 Å². The first-order valence-corrected chi connectivity index (χ1v) is 5.77. The van der Waals surface area contributed by atoms with Crippen molar-refractivity contribution in [2.24, 2.45) is 0 Å². The van der Waals surface area contributed by atoms with Crippen molar-refractivity contribution >= 4 is 52.4 Å². The van der Waals surface area contributed by atoms with E-state index in [1.54, 1.807) is 0 Å². The highest BCUT2D eigenvalue weighted by molar-refractivity contribution is 6.42. The molecule has 1 aromatic rings. The Labute approximate surface area is 118 Å². The van der Waals surface area contributed by atoms with E-state index in [4.69, 9.17) is 39.9 Å². The maximum Gasteiger partial charge on any atom is 0.329 e. The molecule has 0 aliphatic heterocycles. The van der Waals surface area contributed by atoms with Gasteiger partial charge in [0, 0.05) is 5.02 Å². The first kappa shape index (κ1) is 15.0. The number of aliphatic carboxylic acids is 1. The first-order chi connectivity index (χ1) is 8.40. The van der Waals surface area contributed by atoms with Crippen LogP contribution in [0.2, 0.25) is 15.1 Å². The minimum Gasteiger partial charge on any atom is -0.480 e. The molecule has 0 radical (unpaired) electrons. The third-order valence-corrected chi connectivity index (χ3v) is 2.54. The Kier molecular flexibility index (Phi) is 5.68. The smallest absolute Gasteiger partial charge is 0.329 e. The van der Waals surface area contributed by atoms with Crippen LogP contribution in [0.15, 0.2) is 12.1 Å². The number of anilines is 1. The molecule has 98 valence electrons. The van der Waals surface area contributed by atoms with E-state index in [0.717, 1.165) is 0 Å². The summed E-state index contributed by atoms with van der Waals surface area (Å²) in [4.78, 5) is 21.6. The molecule has 1 aromatic carbocycles. The molecule has 0 heterocycles. The van der Waals surface area contributed by atoms with Crippen molar-refractivity contribution in [3.8, 4) is 0 Å². The number of carbonyl (C=O) groups is 2. The Bertz CT molecular complexity index is 455. The van der Waals surface area contributed by atoms with Gasteiger partial charge in [0.1, 0.15) is 13.2 Å². The van der Waals surface area contributed by atoms with E-state index in [1.807, 2.05) is 0 Å². The van der Waals surface area contributed by atoms with Gasteiger partial charge in [0.25, 0.3) is 0 Å². The summed E-state index contributed by atoms with van der Waals surface area (Å²) < 4.78 is 4.61. The molecule has 0 aliphatic carbocycles. The predicted octanol–water partition coefficient (Wildman–Crippen LogP) is 2.69. The Balaban J connectivity index is 2.62. The number of amides is 1. The van der Waals surface area contributed by atoms with Crippen molar-refractivity contribution in [2.45, 2.75) is 0 Å². The number of carboxylic acid groups (broad SMARTS) is 1. The van der Waals surface area contributed by atoms with E-state index in [9.17, 15) is 9.59 Å². The van der Waals surface area contributed by atoms with E-state index in [-0.39, 0.29) is 15.7 Å². The molecule has 0 saturated carbocycles. The fraction of sp³-hybridized carbons (Fsp3) is 0.200. The molecular formula is C10H8Cl3NO4. The number of ether oxygens (including phenoxy) is 1. The largest absolute Gasteiger partial charge is 0.480 e. The normalized spacial score (nSPS) is 10.2. The summed E-state index contributed by atoms with van der Waals surface area (Å²) in [6.07, 6.45) is 0. The third-order valence-electron chi connectivity index (χ3n) is 1.73. The van der Waals surface area contributed by atoms with Crippen LogP contribution in [0.1, 0.15) is 0 Å². The Morgan fingerprint density at radius 3 is 2.22 bits per heavy atom. The lowest BCUT2D eigenvalue weighted by atomic mass is 10.3. The summed E-state index contributed by atoms with van der Waals surface area (Å²) >= 11 is 17.4. The van der Waals surface area contributed by atoms with E-state index in [1.165, 1.54) is 12.1 Å². The van der Waals surface area contributed by atoms with Gasteiger partial charge in [-0.05, 0) is 12.1 Å². The lowest BCUT2D eigenvalue weighted by Crippen LogP contribution is -2.21. The molecule has 0 atom stereocenters. The predicted molar refractivity (Wildman–Crippen MR) is 68.6 cm³/mol. The average Bonchev–Trinajstić information content (AvgIpc) is 2.22. The topological polar surface area (TPSA) is 75.6 Å². The lowest BCUT2D eigenvalue weighted by Gasteiger charge is -2.09. The molecule has 2 N–H and O–H groups in total. The van der Waals surface area contributed by atoms with Gasteiger partial charge >= 0.3 is 5.97 Å². The van der Waals surface area contributed by atoms with Crippen LogP contribution in [0.3, 0.4) is 0 Å². The maximum atomic E-state index is 11.4. The van der Waals surface area contributed by atoms with Crippen molar-refractivity contribution in [2.75, 3.05) is 18.5 Å². The number of halogens is 3. The van der Waals surface area contributed by atoms with Crippen LogP contribution in [0.5, 0.6) is 0 Å². The van der Waals surface area contributed by atoms with Crippen molar-refractivity contribution in [3.63, 3.8) is 0 Å². The van der Waals surface area contributed by atoms with E-state index in [2.05, 4.69) is 10.1 Å². The molecule has 0 saturated heterocycles. The highest BCUT2D eigenvalue weighted by Gasteiger charge is 2.11. The summed E-state index contributed by atoms with van der Waals surface area (Å²) in [7, 11) is 0. The van der Waals surface area contributed by atoms with Gasteiger partial charge in [0.2, 0.25) is 5.91 Å². The zero-order valence-electron chi connectivity index (χ0n) is 8.87. The van der Waals surface area contributed by atoms with Crippen LogP contribution in [-0.2, 0) is 14.3 Å². The van der Waals surface area contributed by atoms with Gasteiger partial charge in [-0.25, -0.2) is 4.79 Å². The van der Waals surface area contributed by atoms with Crippen LogP contribution in [0, 0.1) is 0 Å². The van der Waals surface area contributed by atoms with Crippen LogP contribution >= 0.6 is 34.8 Å². The Morgan fingerprint density at radius 1 is 1.17 bits per heavy atom. The fourth-order valence-electron chi connectivity index (χ4n) is 1.07. The second-order valence-corrected chi connectivity index (χ2v) is 4.43. The maximum absolute atomic E-state index is 11.4. The summed E-state index contributed by atoms with van der Waals surface area (Å²) in [6, 6.07) is 2.84. The van der Waals surface area contributed by atoms with Crippen molar-refractivity contribution in [1.82, 2.24) is 0 Å². The zero-order valence-corrected chi connectivity index (χ0v) is 11.1. The number of hydrogen-bond acceptors (Lipinski definition) is 3. The fourth-order valence-corrected chi connectivity index (χ4v) is 1.98. The number of nitrogens with one attached hydrogen (secondary N) is 1. The second-order valence-electron chi connectivity index (χ2n) is 3.18. The second kappa shape index (κ2) is 6.80. The molecule has 0 aliphatic rings. The molecule has 1 rings (SSSR count). The third kappa shape index (κ3) is 4.70. The highest BCUT2D eigenvalue weighted by Crippen LogP contribution is 2.33. The van der Waals surface area contributed by atoms with Crippen molar-refractivity contribution in [1.29, 1.82) is 0 Å². The Morgan fingerprint density at radius 2 is 1.72 bits per heavy atom. The minimum absolute atomic E-state index is 0.180. The lowest BCUT2D eigenvalue weighted by molar-refractivity contribution is -0.143. The molecule has 5 nitrogen and oxygen atoms in total. The number of hydrogen-bond donors (Lipinski definition) is 2. The first-order valence-electron chi connectivity index (χ1n) is 4.64. The number of carbonyl (C=O) groups excluding carboxylic acids is 1. The van der Waals surface area contributed by atoms with E-state index in [0.29, 0.717) is 5.02 Å². The molecule has 0 unspecified atom stereocenters. The Hall–Kier alpha value is -1.01. The monoisotopic (exact) mass is 311 g/mol. The molecular weight excluding hydrogens is 304 g/mol. The zero-order chi connectivity index (χ0) is 13.7. The summed E-state index contributed by atoms with van der Waals surface area (Å²) in [5.74, 6) is -1.73. The molecule has 0 aromatic heterocycles. The SMILES string of the molecule is O=C(O)COCC(=O)Nc1c(Cl)cc(Cl)cc1Cl. The molecule has 0 bridgehead atoms. The van der Waals surface area contributed by atoms with E-state index >= 15 is 0 Å². The highest BCUT2D eigenvalue weighted by atomic mass is 35.5. The van der Waals surface area contributed by atoms with Gasteiger partial charge < -0.3 is 15.2 Å².